The number of rotatable bonds is 6. The normalized spacial score (nSPS) is 14.5. The molecule has 1 fully saturated rings. The van der Waals surface area contributed by atoms with E-state index in [0.29, 0.717) is 17.5 Å². The summed E-state index contributed by atoms with van der Waals surface area (Å²) >= 11 is 0. The maximum atomic E-state index is 12.9. The van der Waals surface area contributed by atoms with Gasteiger partial charge in [0, 0.05) is 37.2 Å². The van der Waals surface area contributed by atoms with Crippen molar-refractivity contribution in [2.24, 2.45) is 0 Å². The topological polar surface area (TPSA) is 63.6 Å². The lowest BCUT2D eigenvalue weighted by molar-refractivity contribution is -0.130. The van der Waals surface area contributed by atoms with Crippen LogP contribution in [0.5, 0.6) is 5.75 Å². The van der Waals surface area contributed by atoms with Crippen LogP contribution in [0.2, 0.25) is 0 Å². The van der Waals surface area contributed by atoms with E-state index < -0.39 is 0 Å². The summed E-state index contributed by atoms with van der Waals surface area (Å²) in [6.07, 6.45) is 6.21. The molecule has 0 unspecified atom stereocenters. The smallest absolute Gasteiger partial charge is 0.259 e. The van der Waals surface area contributed by atoms with Crippen molar-refractivity contribution in [1.82, 2.24) is 9.47 Å². The van der Waals surface area contributed by atoms with Gasteiger partial charge in [0.05, 0.1) is 5.56 Å². The molecule has 1 saturated carbocycles. The molecule has 6 nitrogen and oxygen atoms in total. The molecule has 1 N–H and O–H groups in total. The number of amides is 2. The van der Waals surface area contributed by atoms with Crippen molar-refractivity contribution in [3.63, 3.8) is 0 Å². The molecule has 156 valence electrons. The summed E-state index contributed by atoms with van der Waals surface area (Å²) in [6.45, 7) is 4.11. The molecule has 1 aliphatic carbocycles. The summed E-state index contributed by atoms with van der Waals surface area (Å²) in [5.41, 5.74) is 3.61. The number of nitrogens with zero attached hydrogens (tertiary/aromatic N) is 2. The van der Waals surface area contributed by atoms with Crippen molar-refractivity contribution in [2.75, 3.05) is 26.0 Å². The van der Waals surface area contributed by atoms with Crippen LogP contribution in [0, 0.1) is 13.8 Å². The minimum atomic E-state index is -0.101. The Labute approximate surface area is 172 Å². The fraction of sp³-hybridized carbons (Fsp3) is 0.478. The molecule has 0 spiro atoms. The number of aromatic nitrogens is 1. The van der Waals surface area contributed by atoms with Gasteiger partial charge in [-0.05, 0) is 57.0 Å². The summed E-state index contributed by atoms with van der Waals surface area (Å²) in [4.78, 5) is 25.9. The number of likely N-dealkylation sites (N-methyl/N-ethyl adjacent to an activating group) is 1. The predicted molar refractivity (Wildman–Crippen MR) is 115 cm³/mol. The average Bonchev–Trinajstić information content (AvgIpc) is 3.02. The molecule has 1 aromatic carbocycles. The SMILES string of the molecule is Cc1cc(C(=O)Nc2ccc(OCC(=O)N(C)C)cc2)c(C)n1C1CCCCC1. The number of aryl methyl sites for hydroxylation is 1. The van der Waals surface area contributed by atoms with Crippen molar-refractivity contribution in [3.05, 3.63) is 47.3 Å². The summed E-state index contributed by atoms with van der Waals surface area (Å²) < 4.78 is 7.81. The highest BCUT2D eigenvalue weighted by molar-refractivity contribution is 6.05. The second kappa shape index (κ2) is 9.16. The minimum Gasteiger partial charge on any atom is -0.484 e. The Bertz CT molecular complexity index is 862. The molecule has 1 aromatic heterocycles. The molecule has 1 heterocycles. The second-order valence-electron chi connectivity index (χ2n) is 8.00. The van der Waals surface area contributed by atoms with Crippen molar-refractivity contribution in [1.29, 1.82) is 0 Å². The van der Waals surface area contributed by atoms with E-state index in [9.17, 15) is 9.59 Å². The second-order valence-corrected chi connectivity index (χ2v) is 8.00. The minimum absolute atomic E-state index is 0.00808. The lowest BCUT2D eigenvalue weighted by Crippen LogP contribution is -2.27. The molecule has 2 amide bonds. The van der Waals surface area contributed by atoms with Crippen LogP contribution >= 0.6 is 0 Å². The van der Waals surface area contributed by atoms with Gasteiger partial charge in [-0.3, -0.25) is 9.59 Å². The van der Waals surface area contributed by atoms with Crippen molar-refractivity contribution < 1.29 is 14.3 Å². The average molecular weight is 398 g/mol. The molecule has 1 aliphatic rings. The van der Waals surface area contributed by atoms with E-state index in [2.05, 4.69) is 16.8 Å². The van der Waals surface area contributed by atoms with Gasteiger partial charge in [0.1, 0.15) is 5.75 Å². The maximum absolute atomic E-state index is 12.9. The monoisotopic (exact) mass is 397 g/mol. The highest BCUT2D eigenvalue weighted by Crippen LogP contribution is 2.32. The Morgan fingerprint density at radius 3 is 2.38 bits per heavy atom. The Balaban J connectivity index is 1.65. The van der Waals surface area contributed by atoms with Crippen LogP contribution in [0.15, 0.2) is 30.3 Å². The lowest BCUT2D eigenvalue weighted by Gasteiger charge is -2.26. The van der Waals surface area contributed by atoms with Gasteiger partial charge in [0.25, 0.3) is 11.8 Å². The van der Waals surface area contributed by atoms with E-state index in [1.54, 1.807) is 38.4 Å². The van der Waals surface area contributed by atoms with Crippen LogP contribution < -0.4 is 10.1 Å². The molecule has 0 saturated heterocycles. The quantitative estimate of drug-likeness (QED) is 0.789. The molecule has 6 heteroatoms. The van der Waals surface area contributed by atoms with Gasteiger partial charge in [-0.2, -0.15) is 0 Å². The number of nitrogens with one attached hydrogen (secondary N) is 1. The van der Waals surface area contributed by atoms with Crippen LogP contribution in [0.3, 0.4) is 0 Å². The van der Waals surface area contributed by atoms with E-state index in [1.807, 2.05) is 13.0 Å². The number of hydrogen-bond donors (Lipinski definition) is 1. The van der Waals surface area contributed by atoms with Crippen LogP contribution in [0.25, 0.3) is 0 Å². The van der Waals surface area contributed by atoms with Gasteiger partial charge >= 0.3 is 0 Å². The summed E-state index contributed by atoms with van der Waals surface area (Å²) in [6, 6.07) is 9.57. The van der Waals surface area contributed by atoms with Gasteiger partial charge < -0.3 is 19.5 Å². The number of ether oxygens (including phenoxy) is 1. The maximum Gasteiger partial charge on any atom is 0.259 e. The van der Waals surface area contributed by atoms with Crippen molar-refractivity contribution in [3.8, 4) is 5.75 Å². The first-order chi connectivity index (χ1) is 13.9. The predicted octanol–water partition coefficient (Wildman–Crippen LogP) is 4.33. The number of benzene rings is 1. The lowest BCUT2D eigenvalue weighted by atomic mass is 9.95. The third kappa shape index (κ3) is 5.00. The standard InChI is InChI=1S/C23H31N3O3/c1-16-14-21(17(2)26(16)19-8-6-5-7-9-19)23(28)24-18-10-12-20(13-11-18)29-15-22(27)25(3)4/h10-14,19H,5-9,15H2,1-4H3,(H,24,28). The zero-order valence-electron chi connectivity index (χ0n) is 17.8. The molecule has 29 heavy (non-hydrogen) atoms. The first-order valence-electron chi connectivity index (χ1n) is 10.3. The zero-order valence-corrected chi connectivity index (χ0v) is 17.8. The molecule has 0 atom stereocenters. The van der Waals surface area contributed by atoms with Crippen LogP contribution in [0.4, 0.5) is 5.69 Å². The highest BCUT2D eigenvalue weighted by atomic mass is 16.5. The molecular weight excluding hydrogens is 366 g/mol. The molecule has 2 aromatic rings. The summed E-state index contributed by atoms with van der Waals surface area (Å²) in [5, 5.41) is 2.97. The third-order valence-electron chi connectivity index (χ3n) is 5.64. The van der Waals surface area contributed by atoms with Crippen LogP contribution in [0.1, 0.15) is 59.9 Å². The van der Waals surface area contributed by atoms with E-state index in [-0.39, 0.29) is 18.4 Å². The number of hydrogen-bond acceptors (Lipinski definition) is 3. The summed E-state index contributed by atoms with van der Waals surface area (Å²) in [7, 11) is 3.38. The van der Waals surface area contributed by atoms with Gasteiger partial charge in [-0.15, -0.1) is 0 Å². The zero-order chi connectivity index (χ0) is 21.0. The Morgan fingerprint density at radius 1 is 1.10 bits per heavy atom. The van der Waals surface area contributed by atoms with Gasteiger partial charge in [0.2, 0.25) is 0 Å². The van der Waals surface area contributed by atoms with Crippen molar-refractivity contribution in [2.45, 2.75) is 52.0 Å². The van der Waals surface area contributed by atoms with E-state index in [4.69, 9.17) is 4.74 Å². The van der Waals surface area contributed by atoms with Crippen molar-refractivity contribution >= 4 is 17.5 Å². The fourth-order valence-electron chi connectivity index (χ4n) is 4.02. The molecule has 0 radical (unpaired) electrons. The Kier molecular flexibility index (Phi) is 6.62. The largest absolute Gasteiger partial charge is 0.484 e. The highest BCUT2D eigenvalue weighted by Gasteiger charge is 2.22. The van der Waals surface area contributed by atoms with Crippen LogP contribution in [-0.2, 0) is 4.79 Å². The third-order valence-corrected chi connectivity index (χ3v) is 5.64. The van der Waals surface area contributed by atoms with E-state index in [1.165, 1.54) is 37.0 Å². The molecular formula is C23H31N3O3. The Hall–Kier alpha value is -2.76. The number of carbonyl (C=O) groups is 2. The molecule has 3 rings (SSSR count). The van der Waals surface area contributed by atoms with Gasteiger partial charge in [0.15, 0.2) is 6.61 Å². The number of carbonyl (C=O) groups excluding carboxylic acids is 2. The Morgan fingerprint density at radius 2 is 1.76 bits per heavy atom. The summed E-state index contributed by atoms with van der Waals surface area (Å²) in [5.74, 6) is 0.390. The number of anilines is 1. The first-order valence-corrected chi connectivity index (χ1v) is 10.3. The fourth-order valence-corrected chi connectivity index (χ4v) is 4.02. The molecule has 0 bridgehead atoms. The van der Waals surface area contributed by atoms with Gasteiger partial charge in [-0.25, -0.2) is 0 Å². The van der Waals surface area contributed by atoms with Crippen LogP contribution in [-0.4, -0.2) is 42.0 Å². The molecule has 0 aliphatic heterocycles. The first kappa shape index (κ1) is 21.0. The van der Waals surface area contributed by atoms with E-state index in [0.717, 1.165) is 17.0 Å². The van der Waals surface area contributed by atoms with E-state index >= 15 is 0 Å². The van der Waals surface area contributed by atoms with Gasteiger partial charge in [-0.1, -0.05) is 19.3 Å².